The van der Waals surface area contributed by atoms with Gasteiger partial charge in [-0.25, -0.2) is 0 Å². The van der Waals surface area contributed by atoms with Crippen LogP contribution in [0.15, 0.2) is 10.8 Å². The minimum Gasteiger partial charge on any atom is -0.338 e. The van der Waals surface area contributed by atoms with Gasteiger partial charge in [-0.15, -0.1) is 0 Å². The number of nitrogens with zero attached hydrogens (tertiary/aromatic N) is 1. The first-order valence-electron chi connectivity index (χ1n) is 6.30. The van der Waals surface area contributed by atoms with Crippen molar-refractivity contribution in [1.29, 1.82) is 0 Å². The van der Waals surface area contributed by atoms with Crippen LogP contribution in [0.2, 0.25) is 0 Å². The maximum atomic E-state index is 11.8. The Morgan fingerprint density at radius 3 is 3.18 bits per heavy atom. The number of thiophene rings is 1. The highest BCUT2D eigenvalue weighted by atomic mass is 32.1. The van der Waals surface area contributed by atoms with E-state index in [1.807, 2.05) is 0 Å². The van der Waals surface area contributed by atoms with E-state index in [-0.39, 0.29) is 0 Å². The van der Waals surface area contributed by atoms with Crippen molar-refractivity contribution in [2.24, 2.45) is 0 Å². The summed E-state index contributed by atoms with van der Waals surface area (Å²) in [6.45, 7) is 4.02. The summed E-state index contributed by atoms with van der Waals surface area (Å²) in [4.78, 5) is 13.9. The summed E-state index contributed by atoms with van der Waals surface area (Å²) in [6, 6.07) is 0.825. The summed E-state index contributed by atoms with van der Waals surface area (Å²) in [6.07, 6.45) is 3.03. The minimum atomic E-state index is 0.340. The normalized spacial score (nSPS) is 27.8. The largest absolute Gasteiger partial charge is 0.338 e. The van der Waals surface area contributed by atoms with Crippen LogP contribution in [-0.4, -0.2) is 29.4 Å². The number of carbonyl (C=O) groups is 1. The Balaban J connectivity index is 1.63. The van der Waals surface area contributed by atoms with Crippen molar-refractivity contribution in [3.8, 4) is 0 Å². The van der Waals surface area contributed by atoms with E-state index in [0.29, 0.717) is 24.4 Å². The number of amides is 1. The number of fused-ring (bicyclic) bond motifs is 1. The molecule has 2 unspecified atom stereocenters. The maximum Gasteiger partial charge on any atom is 0.224 e. The number of nitrogens with one attached hydrogen (secondary N) is 1. The van der Waals surface area contributed by atoms with E-state index in [1.165, 1.54) is 24.0 Å². The summed E-state index contributed by atoms with van der Waals surface area (Å²) < 4.78 is 0. The Kier molecular flexibility index (Phi) is 2.92. The average Bonchev–Trinajstić information content (AvgIpc) is 2.96. The van der Waals surface area contributed by atoms with Gasteiger partial charge < -0.3 is 10.2 Å². The van der Waals surface area contributed by atoms with E-state index in [1.54, 1.807) is 11.3 Å². The molecular formula is C13H18N2OS. The van der Waals surface area contributed by atoms with Crippen LogP contribution in [0.4, 0.5) is 0 Å². The van der Waals surface area contributed by atoms with Gasteiger partial charge in [0, 0.05) is 31.6 Å². The first kappa shape index (κ1) is 11.2. The van der Waals surface area contributed by atoms with Crippen molar-refractivity contribution >= 4 is 17.2 Å². The lowest BCUT2D eigenvalue weighted by atomic mass is 10.1. The number of hydrogen-bond donors (Lipinski definition) is 1. The topological polar surface area (TPSA) is 32.3 Å². The van der Waals surface area contributed by atoms with E-state index < -0.39 is 0 Å². The highest BCUT2D eigenvalue weighted by Crippen LogP contribution is 2.29. The van der Waals surface area contributed by atoms with Crippen molar-refractivity contribution in [1.82, 2.24) is 10.2 Å². The van der Waals surface area contributed by atoms with Crippen molar-refractivity contribution < 1.29 is 4.79 Å². The summed E-state index contributed by atoms with van der Waals surface area (Å²) >= 11 is 1.75. The number of rotatable bonds is 3. The summed E-state index contributed by atoms with van der Waals surface area (Å²) in [7, 11) is 0. The standard InChI is InChI=1S/C13H18N2OS/c1-9-7-17-8-10(9)6-14-11-5-13(16)15-4-2-3-12(11)15/h7-8,11-12,14H,2-6H2,1H3. The van der Waals surface area contributed by atoms with E-state index in [0.717, 1.165) is 13.1 Å². The van der Waals surface area contributed by atoms with Gasteiger partial charge in [-0.3, -0.25) is 4.79 Å². The van der Waals surface area contributed by atoms with Crippen LogP contribution < -0.4 is 5.32 Å². The number of hydrogen-bond acceptors (Lipinski definition) is 3. The third-order valence-electron chi connectivity index (χ3n) is 3.99. The highest BCUT2D eigenvalue weighted by molar-refractivity contribution is 7.08. The first-order valence-corrected chi connectivity index (χ1v) is 7.24. The third-order valence-corrected chi connectivity index (χ3v) is 4.91. The SMILES string of the molecule is Cc1cscc1CNC1CC(=O)N2CCCC12. The van der Waals surface area contributed by atoms with Gasteiger partial charge in [-0.2, -0.15) is 11.3 Å². The highest BCUT2D eigenvalue weighted by Gasteiger charge is 2.41. The molecule has 4 heteroatoms. The van der Waals surface area contributed by atoms with Crippen LogP contribution in [0.3, 0.4) is 0 Å². The smallest absolute Gasteiger partial charge is 0.224 e. The molecule has 92 valence electrons. The first-order chi connectivity index (χ1) is 8.25. The van der Waals surface area contributed by atoms with Gasteiger partial charge in [0.05, 0.1) is 0 Å². The molecule has 0 saturated carbocycles. The van der Waals surface area contributed by atoms with Gasteiger partial charge in [0.2, 0.25) is 5.91 Å². The van der Waals surface area contributed by atoms with Crippen LogP contribution in [0, 0.1) is 6.92 Å². The molecule has 2 aliphatic rings. The van der Waals surface area contributed by atoms with Gasteiger partial charge in [0.25, 0.3) is 0 Å². The molecule has 0 bridgehead atoms. The van der Waals surface area contributed by atoms with E-state index >= 15 is 0 Å². The fourth-order valence-corrected chi connectivity index (χ4v) is 3.84. The molecule has 1 amide bonds. The average molecular weight is 250 g/mol. The Labute approximate surface area is 106 Å². The molecule has 0 radical (unpaired) electrons. The monoisotopic (exact) mass is 250 g/mol. The zero-order valence-corrected chi connectivity index (χ0v) is 10.9. The summed E-state index contributed by atoms with van der Waals surface area (Å²) in [5.41, 5.74) is 2.73. The molecule has 1 aromatic heterocycles. The van der Waals surface area contributed by atoms with Crippen molar-refractivity contribution in [2.75, 3.05) is 6.54 Å². The molecule has 2 aliphatic heterocycles. The lowest BCUT2D eigenvalue weighted by Crippen LogP contribution is -2.39. The van der Waals surface area contributed by atoms with Gasteiger partial charge in [0.15, 0.2) is 0 Å². The molecular weight excluding hydrogens is 232 g/mol. The maximum absolute atomic E-state index is 11.8. The summed E-state index contributed by atoms with van der Waals surface area (Å²) in [5.74, 6) is 0.340. The molecule has 0 aliphatic carbocycles. The molecule has 2 saturated heterocycles. The second-order valence-corrected chi connectivity index (χ2v) is 5.81. The van der Waals surface area contributed by atoms with Crippen molar-refractivity contribution in [3.63, 3.8) is 0 Å². The Morgan fingerprint density at radius 1 is 1.53 bits per heavy atom. The molecule has 3 heterocycles. The van der Waals surface area contributed by atoms with Crippen LogP contribution in [0.1, 0.15) is 30.4 Å². The number of carbonyl (C=O) groups excluding carboxylic acids is 1. The molecule has 2 fully saturated rings. The van der Waals surface area contributed by atoms with Gasteiger partial charge in [0.1, 0.15) is 0 Å². The lowest BCUT2D eigenvalue weighted by Gasteiger charge is -2.21. The van der Waals surface area contributed by atoms with E-state index in [9.17, 15) is 4.79 Å². The quantitative estimate of drug-likeness (QED) is 0.889. The molecule has 1 aromatic rings. The lowest BCUT2D eigenvalue weighted by molar-refractivity contribution is -0.127. The van der Waals surface area contributed by atoms with Crippen molar-refractivity contribution in [3.05, 3.63) is 21.9 Å². The molecule has 0 spiro atoms. The number of aryl methyl sites for hydroxylation is 1. The van der Waals surface area contributed by atoms with Gasteiger partial charge >= 0.3 is 0 Å². The molecule has 1 N–H and O–H groups in total. The molecule has 17 heavy (non-hydrogen) atoms. The van der Waals surface area contributed by atoms with E-state index in [2.05, 4.69) is 27.9 Å². The fraction of sp³-hybridized carbons (Fsp3) is 0.615. The predicted octanol–water partition coefficient (Wildman–Crippen LogP) is 1.91. The van der Waals surface area contributed by atoms with Gasteiger partial charge in [-0.1, -0.05) is 0 Å². The molecule has 2 atom stereocenters. The summed E-state index contributed by atoms with van der Waals surface area (Å²) in [5, 5.41) is 7.95. The van der Waals surface area contributed by atoms with Crippen molar-refractivity contribution in [2.45, 2.75) is 44.8 Å². The van der Waals surface area contributed by atoms with Crippen LogP contribution in [0.25, 0.3) is 0 Å². The predicted molar refractivity (Wildman–Crippen MR) is 69.0 cm³/mol. The fourth-order valence-electron chi connectivity index (χ4n) is 2.98. The minimum absolute atomic E-state index is 0.340. The molecule has 3 rings (SSSR count). The second-order valence-electron chi connectivity index (χ2n) is 5.07. The second kappa shape index (κ2) is 4.42. The molecule has 3 nitrogen and oxygen atoms in total. The Morgan fingerprint density at radius 2 is 2.41 bits per heavy atom. The zero-order chi connectivity index (χ0) is 11.8. The van der Waals surface area contributed by atoms with Crippen LogP contribution >= 0.6 is 11.3 Å². The Hall–Kier alpha value is -0.870. The molecule has 0 aromatic carbocycles. The van der Waals surface area contributed by atoms with Crippen LogP contribution in [-0.2, 0) is 11.3 Å². The van der Waals surface area contributed by atoms with Gasteiger partial charge in [-0.05, 0) is 41.7 Å². The zero-order valence-electron chi connectivity index (χ0n) is 10.1. The Bertz CT molecular complexity index is 429. The van der Waals surface area contributed by atoms with Crippen LogP contribution in [0.5, 0.6) is 0 Å². The third kappa shape index (κ3) is 2.00. The van der Waals surface area contributed by atoms with E-state index in [4.69, 9.17) is 0 Å².